The zero-order chi connectivity index (χ0) is 21.6. The lowest BCUT2D eigenvalue weighted by Crippen LogP contribution is -2.41. The van der Waals surface area contributed by atoms with Crippen molar-refractivity contribution in [1.82, 2.24) is 10.3 Å². The number of para-hydroxylation sites is 2. The average Bonchev–Trinajstić information content (AvgIpc) is 3.24. The first-order valence-electron chi connectivity index (χ1n) is 11.3. The Morgan fingerprint density at radius 3 is 2.65 bits per heavy atom. The van der Waals surface area contributed by atoms with Crippen molar-refractivity contribution in [3.63, 3.8) is 0 Å². The maximum Gasteiger partial charge on any atom is 0.298 e. The van der Waals surface area contributed by atoms with Crippen molar-refractivity contribution in [2.45, 2.75) is 45.6 Å². The highest BCUT2D eigenvalue weighted by Gasteiger charge is 2.28. The molecule has 0 spiro atoms. The van der Waals surface area contributed by atoms with E-state index in [0.29, 0.717) is 6.01 Å². The maximum atomic E-state index is 12.8. The topological polar surface area (TPSA) is 67.6 Å². The summed E-state index contributed by atoms with van der Waals surface area (Å²) in [6, 6.07) is 16.4. The standard InChI is InChI=1S/C25H31N3O3/c1-3-4-17-30-21-11-9-19(10-12-21)18(2)26-24(29)20-13-15-28(16-14-20)25-27-22-7-5-6-8-23(22)31-25/h5-12,18,20H,3-4,13-17H2,1-2H3,(H,26,29)/t18-/m1/s1. The first kappa shape index (κ1) is 21.2. The minimum absolute atomic E-state index is 0.0136. The normalized spacial score (nSPS) is 15.7. The molecule has 1 aliphatic heterocycles. The first-order valence-corrected chi connectivity index (χ1v) is 11.3. The van der Waals surface area contributed by atoms with Gasteiger partial charge in [-0.05, 0) is 56.0 Å². The Labute approximate surface area is 183 Å². The molecular formula is C25H31N3O3. The molecule has 1 aliphatic rings. The highest BCUT2D eigenvalue weighted by molar-refractivity contribution is 5.79. The van der Waals surface area contributed by atoms with Gasteiger partial charge in [-0.15, -0.1) is 0 Å². The molecule has 6 nitrogen and oxygen atoms in total. The number of hydrogen-bond donors (Lipinski definition) is 1. The van der Waals surface area contributed by atoms with E-state index in [9.17, 15) is 4.79 Å². The summed E-state index contributed by atoms with van der Waals surface area (Å²) in [5.41, 5.74) is 2.75. The van der Waals surface area contributed by atoms with Crippen LogP contribution in [0.5, 0.6) is 5.75 Å². The van der Waals surface area contributed by atoms with Gasteiger partial charge in [-0.3, -0.25) is 4.79 Å². The molecular weight excluding hydrogens is 390 g/mol. The van der Waals surface area contributed by atoms with E-state index in [1.807, 2.05) is 55.5 Å². The highest BCUT2D eigenvalue weighted by atomic mass is 16.5. The Morgan fingerprint density at radius 1 is 1.19 bits per heavy atom. The van der Waals surface area contributed by atoms with Crippen molar-refractivity contribution < 1.29 is 13.9 Å². The fourth-order valence-electron chi connectivity index (χ4n) is 3.93. The zero-order valence-corrected chi connectivity index (χ0v) is 18.3. The fourth-order valence-corrected chi connectivity index (χ4v) is 3.93. The third-order valence-corrected chi connectivity index (χ3v) is 5.92. The van der Waals surface area contributed by atoms with Crippen molar-refractivity contribution in [3.8, 4) is 5.75 Å². The molecule has 0 saturated carbocycles. The lowest BCUT2D eigenvalue weighted by molar-refractivity contribution is -0.126. The Hall–Kier alpha value is -3.02. The Bertz CT molecular complexity index is 958. The highest BCUT2D eigenvalue weighted by Crippen LogP contribution is 2.27. The summed E-state index contributed by atoms with van der Waals surface area (Å²) < 4.78 is 11.6. The minimum Gasteiger partial charge on any atom is -0.494 e. The lowest BCUT2D eigenvalue weighted by atomic mass is 9.95. The summed E-state index contributed by atoms with van der Waals surface area (Å²) >= 11 is 0. The number of unbranched alkanes of at least 4 members (excludes halogenated alkanes) is 1. The molecule has 1 fully saturated rings. The molecule has 0 radical (unpaired) electrons. The quantitative estimate of drug-likeness (QED) is 0.513. The molecule has 2 heterocycles. The van der Waals surface area contributed by atoms with Gasteiger partial charge in [0.05, 0.1) is 12.6 Å². The number of aromatic nitrogens is 1. The molecule has 0 aliphatic carbocycles. The van der Waals surface area contributed by atoms with E-state index in [0.717, 1.165) is 67.8 Å². The predicted octanol–water partition coefficient (Wildman–Crippen LogP) is 5.10. The Balaban J connectivity index is 1.27. The molecule has 164 valence electrons. The van der Waals surface area contributed by atoms with Gasteiger partial charge in [0.1, 0.15) is 11.3 Å². The van der Waals surface area contributed by atoms with Gasteiger partial charge in [0.15, 0.2) is 5.58 Å². The number of ether oxygens (including phenoxy) is 1. The maximum absolute atomic E-state index is 12.8. The largest absolute Gasteiger partial charge is 0.494 e. The van der Waals surface area contributed by atoms with E-state index in [1.54, 1.807) is 0 Å². The average molecular weight is 422 g/mol. The molecule has 2 aromatic carbocycles. The van der Waals surface area contributed by atoms with Gasteiger partial charge in [0.25, 0.3) is 6.01 Å². The number of oxazole rings is 1. The summed E-state index contributed by atoms with van der Waals surface area (Å²) in [5.74, 6) is 1.01. The predicted molar refractivity (Wildman–Crippen MR) is 122 cm³/mol. The second-order valence-electron chi connectivity index (χ2n) is 8.23. The monoisotopic (exact) mass is 421 g/mol. The lowest BCUT2D eigenvalue weighted by Gasteiger charge is -2.30. The summed E-state index contributed by atoms with van der Waals surface area (Å²) in [5, 5.41) is 3.18. The van der Waals surface area contributed by atoms with Crippen LogP contribution in [0, 0.1) is 5.92 Å². The van der Waals surface area contributed by atoms with Crippen LogP contribution in [0.25, 0.3) is 11.1 Å². The summed E-state index contributed by atoms with van der Waals surface area (Å²) in [6.45, 7) is 6.45. The number of amides is 1. The van der Waals surface area contributed by atoms with Crippen LogP contribution in [0.2, 0.25) is 0 Å². The van der Waals surface area contributed by atoms with Gasteiger partial charge < -0.3 is 19.4 Å². The van der Waals surface area contributed by atoms with E-state index in [-0.39, 0.29) is 17.9 Å². The molecule has 3 aromatic rings. The SMILES string of the molecule is CCCCOc1ccc([C@@H](C)NC(=O)C2CCN(c3nc4ccccc4o3)CC2)cc1. The number of carbonyl (C=O) groups is 1. The van der Waals surface area contributed by atoms with Crippen LogP contribution in [0.1, 0.15) is 51.1 Å². The minimum atomic E-state index is -0.0349. The Morgan fingerprint density at radius 2 is 1.94 bits per heavy atom. The second-order valence-corrected chi connectivity index (χ2v) is 8.23. The number of hydrogen-bond acceptors (Lipinski definition) is 5. The van der Waals surface area contributed by atoms with Gasteiger partial charge in [-0.1, -0.05) is 37.6 Å². The van der Waals surface area contributed by atoms with Crippen LogP contribution in [-0.2, 0) is 4.79 Å². The summed E-state index contributed by atoms with van der Waals surface area (Å²) in [6.07, 6.45) is 3.76. The van der Waals surface area contributed by atoms with E-state index in [1.165, 1.54) is 0 Å². The number of anilines is 1. The van der Waals surface area contributed by atoms with E-state index in [2.05, 4.69) is 22.1 Å². The van der Waals surface area contributed by atoms with Crippen molar-refractivity contribution in [3.05, 3.63) is 54.1 Å². The molecule has 1 atom stereocenters. The van der Waals surface area contributed by atoms with Crippen molar-refractivity contribution >= 4 is 23.0 Å². The van der Waals surface area contributed by atoms with E-state index in [4.69, 9.17) is 9.15 Å². The van der Waals surface area contributed by atoms with E-state index >= 15 is 0 Å². The van der Waals surface area contributed by atoms with Gasteiger partial charge >= 0.3 is 0 Å². The molecule has 31 heavy (non-hydrogen) atoms. The molecule has 0 unspecified atom stereocenters. The van der Waals surface area contributed by atoms with E-state index < -0.39 is 0 Å². The van der Waals surface area contributed by atoms with Crippen LogP contribution in [0.4, 0.5) is 6.01 Å². The van der Waals surface area contributed by atoms with Crippen molar-refractivity contribution in [2.24, 2.45) is 5.92 Å². The van der Waals surface area contributed by atoms with Crippen LogP contribution in [0.3, 0.4) is 0 Å². The third-order valence-electron chi connectivity index (χ3n) is 5.92. The molecule has 1 saturated heterocycles. The number of fused-ring (bicyclic) bond motifs is 1. The number of benzene rings is 2. The van der Waals surface area contributed by atoms with Crippen molar-refractivity contribution in [1.29, 1.82) is 0 Å². The van der Waals surface area contributed by atoms with Crippen molar-refractivity contribution in [2.75, 3.05) is 24.6 Å². The number of piperidine rings is 1. The van der Waals surface area contributed by atoms with Gasteiger partial charge in [-0.25, -0.2) is 0 Å². The molecule has 1 N–H and O–H groups in total. The second kappa shape index (κ2) is 9.86. The number of nitrogens with one attached hydrogen (secondary N) is 1. The summed E-state index contributed by atoms with van der Waals surface area (Å²) in [7, 11) is 0. The van der Waals surface area contributed by atoms with Gasteiger partial charge in [0.2, 0.25) is 5.91 Å². The van der Waals surface area contributed by atoms with Gasteiger partial charge in [-0.2, -0.15) is 4.98 Å². The number of carbonyl (C=O) groups excluding carboxylic acids is 1. The smallest absolute Gasteiger partial charge is 0.298 e. The zero-order valence-electron chi connectivity index (χ0n) is 18.3. The van der Waals surface area contributed by atoms with Crippen LogP contribution in [-0.4, -0.2) is 30.6 Å². The fraction of sp³-hybridized carbons (Fsp3) is 0.440. The molecule has 0 bridgehead atoms. The molecule has 6 heteroatoms. The van der Waals surface area contributed by atoms with Crippen LogP contribution < -0.4 is 15.0 Å². The number of rotatable bonds is 8. The van der Waals surface area contributed by atoms with Crippen LogP contribution >= 0.6 is 0 Å². The van der Waals surface area contributed by atoms with Crippen LogP contribution in [0.15, 0.2) is 52.9 Å². The molecule has 1 amide bonds. The first-order chi connectivity index (χ1) is 15.1. The summed E-state index contributed by atoms with van der Waals surface area (Å²) in [4.78, 5) is 19.5. The molecule has 4 rings (SSSR count). The van der Waals surface area contributed by atoms with Gasteiger partial charge in [0, 0.05) is 19.0 Å². The third kappa shape index (κ3) is 5.19. The Kier molecular flexibility index (Phi) is 6.75. The number of nitrogens with zero attached hydrogens (tertiary/aromatic N) is 2. The molecule has 1 aromatic heterocycles.